The zero-order chi connectivity index (χ0) is 17.3. The van der Waals surface area contributed by atoms with Crippen molar-refractivity contribution in [2.75, 3.05) is 5.32 Å². The van der Waals surface area contributed by atoms with Crippen LogP contribution in [0, 0.1) is 0 Å². The number of anilines is 1. The number of rotatable bonds is 5. The first-order valence-corrected chi connectivity index (χ1v) is 8.16. The molecule has 0 saturated carbocycles. The molecule has 8 heteroatoms. The van der Waals surface area contributed by atoms with Gasteiger partial charge in [-0.25, -0.2) is 8.78 Å². The van der Waals surface area contributed by atoms with E-state index in [0.717, 1.165) is 21.0 Å². The predicted octanol–water partition coefficient (Wildman–Crippen LogP) is 4.26. The average Bonchev–Trinajstić information content (AvgIpc) is 2.92. The largest absolute Gasteiger partial charge is 0.363 e. The van der Waals surface area contributed by atoms with Gasteiger partial charge in [-0.15, -0.1) is 15.3 Å². The van der Waals surface area contributed by atoms with Gasteiger partial charge in [-0.05, 0) is 50.1 Å². The fourth-order valence-electron chi connectivity index (χ4n) is 2.51. The second kappa shape index (κ2) is 6.43. The van der Waals surface area contributed by atoms with Gasteiger partial charge in [0.05, 0.1) is 0 Å². The van der Waals surface area contributed by atoms with E-state index in [2.05, 4.69) is 36.5 Å². The molecule has 0 bridgehead atoms. The molecule has 0 radical (unpaired) electrons. The summed E-state index contributed by atoms with van der Waals surface area (Å²) < 4.78 is 28.0. The van der Waals surface area contributed by atoms with E-state index in [1.807, 2.05) is 38.1 Å². The highest BCUT2D eigenvalue weighted by Crippen LogP contribution is 2.21. The van der Waals surface area contributed by atoms with Crippen LogP contribution in [0.2, 0.25) is 0 Å². The third-order valence-electron chi connectivity index (χ3n) is 3.51. The minimum Gasteiger partial charge on any atom is -0.363 e. The predicted molar refractivity (Wildman–Crippen MR) is 91.3 cm³/mol. The molecule has 2 heterocycles. The number of hydrogen-bond acceptors (Lipinski definition) is 4. The first-order chi connectivity index (χ1) is 11.3. The topological polar surface area (TPSA) is 55.1 Å². The zero-order valence-corrected chi connectivity index (χ0v) is 14.8. The molecule has 2 aromatic heterocycles. The molecule has 0 fully saturated rings. The number of aromatic nitrogens is 4. The van der Waals surface area contributed by atoms with Crippen molar-refractivity contribution in [3.05, 3.63) is 52.3 Å². The zero-order valence-electron chi connectivity index (χ0n) is 13.2. The molecule has 1 N–H and O–H groups in total. The molecule has 3 rings (SSSR count). The number of nitrogens with zero attached hydrogens (tertiary/aromatic N) is 4. The quantitative estimate of drug-likeness (QED) is 0.701. The lowest BCUT2D eigenvalue weighted by molar-refractivity contribution is 0.137. The number of hydrogen-bond donors (Lipinski definition) is 1. The Bertz CT molecular complexity index is 845. The Kier molecular flexibility index (Phi) is 4.49. The summed E-state index contributed by atoms with van der Waals surface area (Å²) in [6.07, 6.45) is -1.97. The summed E-state index contributed by atoms with van der Waals surface area (Å²) >= 11 is 3.41. The molecule has 3 aromatic rings. The normalized spacial score (nSPS) is 12.1. The number of fused-ring (bicyclic) bond motifs is 1. The van der Waals surface area contributed by atoms with E-state index < -0.39 is 12.2 Å². The van der Waals surface area contributed by atoms with Crippen LogP contribution < -0.4 is 5.32 Å². The first kappa shape index (κ1) is 16.8. The highest BCUT2D eigenvalue weighted by Gasteiger charge is 2.21. The standard InChI is InChI=1S/C16H16BrF2N5/c1-16(2,9-10-3-5-11(17)6-4-10)20-12-7-8-13-21-22-15(14(18)19)24(13)23-12/h3-8,14H,9H2,1-2H3,(H,20,23). The minimum atomic E-state index is -2.72. The van der Waals surface area contributed by atoms with Crippen molar-refractivity contribution < 1.29 is 8.78 Å². The molecule has 0 aliphatic rings. The van der Waals surface area contributed by atoms with Crippen LogP contribution in [-0.4, -0.2) is 25.4 Å². The molecular weight excluding hydrogens is 380 g/mol. The fraction of sp³-hybridized carbons (Fsp3) is 0.312. The third-order valence-corrected chi connectivity index (χ3v) is 4.04. The summed E-state index contributed by atoms with van der Waals surface area (Å²) in [6, 6.07) is 11.4. The highest BCUT2D eigenvalue weighted by molar-refractivity contribution is 9.10. The summed E-state index contributed by atoms with van der Waals surface area (Å²) in [5, 5.41) is 14.6. The SMILES string of the molecule is CC(C)(Cc1ccc(Br)cc1)Nc1ccc2nnc(C(F)F)n2n1. The van der Waals surface area contributed by atoms with Gasteiger partial charge in [0.25, 0.3) is 6.43 Å². The summed E-state index contributed by atoms with van der Waals surface area (Å²) in [4.78, 5) is 0. The van der Waals surface area contributed by atoms with Crippen molar-refractivity contribution in [1.29, 1.82) is 0 Å². The van der Waals surface area contributed by atoms with E-state index in [0.29, 0.717) is 11.5 Å². The summed E-state index contributed by atoms with van der Waals surface area (Å²) in [6.45, 7) is 4.06. The average molecular weight is 396 g/mol. The van der Waals surface area contributed by atoms with Gasteiger partial charge < -0.3 is 5.32 Å². The molecular formula is C16H16BrF2N5. The summed E-state index contributed by atoms with van der Waals surface area (Å²) in [5.41, 5.74) is 1.14. The van der Waals surface area contributed by atoms with Crippen molar-refractivity contribution >= 4 is 27.4 Å². The van der Waals surface area contributed by atoms with Crippen LogP contribution in [0.5, 0.6) is 0 Å². The summed E-state index contributed by atoms with van der Waals surface area (Å²) in [7, 11) is 0. The molecule has 0 aliphatic heterocycles. The molecule has 1 aromatic carbocycles. The van der Waals surface area contributed by atoms with Gasteiger partial charge in [0.2, 0.25) is 5.82 Å². The Balaban J connectivity index is 1.82. The molecule has 0 spiro atoms. The second-order valence-electron chi connectivity index (χ2n) is 6.16. The van der Waals surface area contributed by atoms with Gasteiger partial charge in [-0.2, -0.15) is 4.52 Å². The fourth-order valence-corrected chi connectivity index (χ4v) is 2.78. The van der Waals surface area contributed by atoms with Gasteiger partial charge in [-0.3, -0.25) is 0 Å². The van der Waals surface area contributed by atoms with Crippen LogP contribution in [-0.2, 0) is 6.42 Å². The van der Waals surface area contributed by atoms with E-state index in [9.17, 15) is 8.78 Å². The van der Waals surface area contributed by atoms with E-state index in [4.69, 9.17) is 0 Å². The highest BCUT2D eigenvalue weighted by atomic mass is 79.9. The molecule has 0 aliphatic carbocycles. The molecule has 0 atom stereocenters. The monoisotopic (exact) mass is 395 g/mol. The van der Waals surface area contributed by atoms with Gasteiger partial charge in [0.1, 0.15) is 5.82 Å². The van der Waals surface area contributed by atoms with Gasteiger partial charge >= 0.3 is 0 Å². The van der Waals surface area contributed by atoms with Crippen molar-refractivity contribution in [3.63, 3.8) is 0 Å². The molecule has 24 heavy (non-hydrogen) atoms. The maximum Gasteiger partial charge on any atom is 0.299 e. The summed E-state index contributed by atoms with van der Waals surface area (Å²) in [5.74, 6) is 0.0330. The molecule has 0 unspecified atom stereocenters. The Morgan fingerprint density at radius 3 is 2.50 bits per heavy atom. The number of nitrogens with one attached hydrogen (secondary N) is 1. The van der Waals surface area contributed by atoms with E-state index in [-0.39, 0.29) is 5.54 Å². The maximum atomic E-state index is 12.9. The van der Waals surface area contributed by atoms with Crippen molar-refractivity contribution in [1.82, 2.24) is 19.8 Å². The van der Waals surface area contributed by atoms with E-state index >= 15 is 0 Å². The Labute approximate surface area is 146 Å². The van der Waals surface area contributed by atoms with Crippen molar-refractivity contribution in [2.24, 2.45) is 0 Å². The number of benzene rings is 1. The smallest absolute Gasteiger partial charge is 0.299 e. The lowest BCUT2D eigenvalue weighted by Gasteiger charge is -2.27. The van der Waals surface area contributed by atoms with Crippen LogP contribution in [0.1, 0.15) is 31.7 Å². The third kappa shape index (κ3) is 3.69. The Morgan fingerprint density at radius 2 is 1.83 bits per heavy atom. The number of alkyl halides is 2. The van der Waals surface area contributed by atoms with Gasteiger partial charge in [-0.1, -0.05) is 28.1 Å². The van der Waals surface area contributed by atoms with Gasteiger partial charge in [0.15, 0.2) is 5.65 Å². The lowest BCUT2D eigenvalue weighted by Crippen LogP contribution is -2.34. The minimum absolute atomic E-state index is 0.293. The molecule has 0 saturated heterocycles. The van der Waals surface area contributed by atoms with Crippen LogP contribution in [0.15, 0.2) is 40.9 Å². The Hall–Kier alpha value is -2.09. The van der Waals surface area contributed by atoms with Crippen LogP contribution >= 0.6 is 15.9 Å². The van der Waals surface area contributed by atoms with Crippen LogP contribution in [0.3, 0.4) is 0 Å². The van der Waals surface area contributed by atoms with Crippen molar-refractivity contribution in [2.45, 2.75) is 32.2 Å². The van der Waals surface area contributed by atoms with Crippen molar-refractivity contribution in [3.8, 4) is 0 Å². The van der Waals surface area contributed by atoms with E-state index in [1.165, 1.54) is 0 Å². The Morgan fingerprint density at radius 1 is 1.12 bits per heavy atom. The second-order valence-corrected chi connectivity index (χ2v) is 7.08. The van der Waals surface area contributed by atoms with E-state index in [1.54, 1.807) is 12.1 Å². The first-order valence-electron chi connectivity index (χ1n) is 7.37. The molecule has 0 amide bonds. The maximum absolute atomic E-state index is 12.9. The van der Waals surface area contributed by atoms with Crippen LogP contribution in [0.25, 0.3) is 5.65 Å². The number of halogens is 3. The van der Waals surface area contributed by atoms with Gasteiger partial charge in [0, 0.05) is 10.0 Å². The lowest BCUT2D eigenvalue weighted by atomic mass is 9.95. The van der Waals surface area contributed by atoms with Crippen LogP contribution in [0.4, 0.5) is 14.6 Å². The molecule has 5 nitrogen and oxygen atoms in total. The molecule has 126 valence electrons.